The van der Waals surface area contributed by atoms with Crippen LogP contribution in [0.5, 0.6) is 5.75 Å². The lowest BCUT2D eigenvalue weighted by Crippen LogP contribution is -2.26. The first-order valence-electron chi connectivity index (χ1n) is 7.18. The SMILES string of the molecule is CCNC(c1ccc2c(c1)CC(C)O2)C(C)CC. The molecule has 1 aromatic rings. The highest BCUT2D eigenvalue weighted by molar-refractivity contribution is 5.41. The molecule has 1 aromatic carbocycles. The molecule has 2 heteroatoms. The van der Waals surface area contributed by atoms with E-state index in [1.54, 1.807) is 0 Å². The second-order valence-electron chi connectivity index (χ2n) is 5.42. The van der Waals surface area contributed by atoms with Crippen molar-refractivity contribution in [2.75, 3.05) is 6.54 Å². The molecule has 1 aliphatic heterocycles. The van der Waals surface area contributed by atoms with Gasteiger partial charge in [-0.15, -0.1) is 0 Å². The van der Waals surface area contributed by atoms with Crippen molar-refractivity contribution in [3.63, 3.8) is 0 Å². The average Bonchev–Trinajstić information content (AvgIpc) is 2.74. The molecule has 0 spiro atoms. The Kier molecular flexibility index (Phi) is 4.28. The number of nitrogens with one attached hydrogen (secondary N) is 1. The molecule has 0 fully saturated rings. The van der Waals surface area contributed by atoms with Crippen LogP contribution in [0.2, 0.25) is 0 Å². The van der Waals surface area contributed by atoms with Crippen LogP contribution in [-0.4, -0.2) is 12.6 Å². The van der Waals surface area contributed by atoms with Crippen LogP contribution in [0.15, 0.2) is 18.2 Å². The Balaban J connectivity index is 2.24. The van der Waals surface area contributed by atoms with E-state index in [1.165, 1.54) is 17.5 Å². The first kappa shape index (κ1) is 13.4. The maximum Gasteiger partial charge on any atom is 0.123 e. The maximum atomic E-state index is 5.77. The first-order chi connectivity index (χ1) is 8.65. The van der Waals surface area contributed by atoms with E-state index in [2.05, 4.69) is 51.2 Å². The number of rotatable bonds is 5. The Hall–Kier alpha value is -1.02. The van der Waals surface area contributed by atoms with Gasteiger partial charge in [-0.3, -0.25) is 0 Å². The van der Waals surface area contributed by atoms with E-state index in [0.717, 1.165) is 18.7 Å². The summed E-state index contributed by atoms with van der Waals surface area (Å²) < 4.78 is 5.77. The predicted octanol–water partition coefficient (Wildman–Crippen LogP) is 3.71. The minimum absolute atomic E-state index is 0.330. The van der Waals surface area contributed by atoms with E-state index in [0.29, 0.717) is 18.1 Å². The van der Waals surface area contributed by atoms with Gasteiger partial charge in [0.25, 0.3) is 0 Å². The Bertz CT molecular complexity index is 402. The summed E-state index contributed by atoms with van der Waals surface area (Å²) in [5.41, 5.74) is 2.77. The Labute approximate surface area is 111 Å². The highest BCUT2D eigenvalue weighted by Gasteiger charge is 2.22. The normalized spacial score (nSPS) is 21.2. The molecule has 0 bridgehead atoms. The second kappa shape index (κ2) is 5.75. The molecule has 0 amide bonds. The fourth-order valence-electron chi connectivity index (χ4n) is 2.74. The van der Waals surface area contributed by atoms with E-state index in [9.17, 15) is 0 Å². The van der Waals surface area contributed by atoms with Crippen molar-refractivity contribution in [2.24, 2.45) is 5.92 Å². The summed E-state index contributed by atoms with van der Waals surface area (Å²) in [6.07, 6.45) is 2.57. The van der Waals surface area contributed by atoms with Crippen LogP contribution in [0, 0.1) is 5.92 Å². The van der Waals surface area contributed by atoms with Gasteiger partial charge in [-0.2, -0.15) is 0 Å². The Morgan fingerprint density at radius 3 is 2.83 bits per heavy atom. The molecular weight excluding hydrogens is 222 g/mol. The van der Waals surface area contributed by atoms with E-state index in [1.807, 2.05) is 0 Å². The minimum Gasteiger partial charge on any atom is -0.490 e. The smallest absolute Gasteiger partial charge is 0.123 e. The highest BCUT2D eigenvalue weighted by Crippen LogP contribution is 2.33. The van der Waals surface area contributed by atoms with E-state index in [-0.39, 0.29) is 0 Å². The zero-order valence-corrected chi connectivity index (χ0v) is 12.0. The quantitative estimate of drug-likeness (QED) is 0.856. The summed E-state index contributed by atoms with van der Waals surface area (Å²) in [5.74, 6) is 1.73. The fourth-order valence-corrected chi connectivity index (χ4v) is 2.74. The Morgan fingerprint density at radius 2 is 2.17 bits per heavy atom. The summed E-state index contributed by atoms with van der Waals surface area (Å²) in [6, 6.07) is 7.15. The van der Waals surface area contributed by atoms with Crippen molar-refractivity contribution < 1.29 is 4.74 Å². The van der Waals surface area contributed by atoms with Crippen molar-refractivity contribution in [1.29, 1.82) is 0 Å². The maximum absolute atomic E-state index is 5.77. The number of fused-ring (bicyclic) bond motifs is 1. The lowest BCUT2D eigenvalue weighted by Gasteiger charge is -2.24. The fraction of sp³-hybridized carbons (Fsp3) is 0.625. The first-order valence-corrected chi connectivity index (χ1v) is 7.18. The predicted molar refractivity (Wildman–Crippen MR) is 76.1 cm³/mol. The van der Waals surface area contributed by atoms with Crippen LogP contribution >= 0.6 is 0 Å². The summed E-state index contributed by atoms with van der Waals surface area (Å²) in [5, 5.41) is 3.61. The third kappa shape index (κ3) is 2.69. The largest absolute Gasteiger partial charge is 0.490 e. The zero-order chi connectivity index (χ0) is 13.1. The number of benzene rings is 1. The molecule has 0 aliphatic carbocycles. The molecule has 2 rings (SSSR count). The molecule has 2 nitrogen and oxygen atoms in total. The third-order valence-electron chi connectivity index (χ3n) is 3.92. The van der Waals surface area contributed by atoms with Crippen LogP contribution in [0.4, 0.5) is 0 Å². The van der Waals surface area contributed by atoms with Crippen molar-refractivity contribution in [3.8, 4) is 5.75 Å². The van der Waals surface area contributed by atoms with Gasteiger partial charge in [0.15, 0.2) is 0 Å². The standard InChI is InChI=1S/C16H25NO/c1-5-11(3)16(17-6-2)13-7-8-15-14(10-13)9-12(4)18-15/h7-8,10-12,16-17H,5-6,9H2,1-4H3. The van der Waals surface area contributed by atoms with Crippen LogP contribution < -0.4 is 10.1 Å². The van der Waals surface area contributed by atoms with E-state index in [4.69, 9.17) is 4.74 Å². The van der Waals surface area contributed by atoms with Gasteiger partial charge in [0, 0.05) is 12.5 Å². The lowest BCUT2D eigenvalue weighted by atomic mass is 9.91. The Morgan fingerprint density at radius 1 is 1.39 bits per heavy atom. The molecule has 100 valence electrons. The van der Waals surface area contributed by atoms with Crippen molar-refractivity contribution in [3.05, 3.63) is 29.3 Å². The van der Waals surface area contributed by atoms with Crippen molar-refractivity contribution >= 4 is 0 Å². The highest BCUT2D eigenvalue weighted by atomic mass is 16.5. The van der Waals surface area contributed by atoms with E-state index < -0.39 is 0 Å². The van der Waals surface area contributed by atoms with Crippen molar-refractivity contribution in [2.45, 2.75) is 52.7 Å². The number of hydrogen-bond acceptors (Lipinski definition) is 2. The molecule has 0 saturated carbocycles. The van der Waals surface area contributed by atoms with Crippen LogP contribution in [0.1, 0.15) is 51.3 Å². The van der Waals surface area contributed by atoms with Gasteiger partial charge in [-0.1, -0.05) is 39.3 Å². The van der Waals surface area contributed by atoms with Gasteiger partial charge >= 0.3 is 0 Å². The molecule has 0 saturated heterocycles. The van der Waals surface area contributed by atoms with Crippen LogP contribution in [0.3, 0.4) is 0 Å². The second-order valence-corrected chi connectivity index (χ2v) is 5.42. The molecule has 1 heterocycles. The third-order valence-corrected chi connectivity index (χ3v) is 3.92. The van der Waals surface area contributed by atoms with Crippen LogP contribution in [0.25, 0.3) is 0 Å². The summed E-state index contributed by atoms with van der Waals surface area (Å²) in [7, 11) is 0. The molecule has 1 N–H and O–H groups in total. The zero-order valence-electron chi connectivity index (χ0n) is 12.0. The molecule has 0 aromatic heterocycles. The molecular formula is C16H25NO. The van der Waals surface area contributed by atoms with Crippen molar-refractivity contribution in [1.82, 2.24) is 5.32 Å². The molecule has 3 unspecified atom stereocenters. The topological polar surface area (TPSA) is 21.3 Å². The summed E-state index contributed by atoms with van der Waals surface area (Å²) >= 11 is 0. The number of ether oxygens (including phenoxy) is 1. The van der Waals surface area contributed by atoms with Gasteiger partial charge in [0.2, 0.25) is 0 Å². The lowest BCUT2D eigenvalue weighted by molar-refractivity contribution is 0.254. The summed E-state index contributed by atoms with van der Waals surface area (Å²) in [4.78, 5) is 0. The van der Waals surface area contributed by atoms with Gasteiger partial charge in [0.05, 0.1) is 0 Å². The molecule has 3 atom stereocenters. The van der Waals surface area contributed by atoms with Gasteiger partial charge in [-0.25, -0.2) is 0 Å². The number of hydrogen-bond donors (Lipinski definition) is 1. The average molecular weight is 247 g/mol. The summed E-state index contributed by atoms with van der Waals surface area (Å²) in [6.45, 7) is 9.90. The molecule has 1 aliphatic rings. The minimum atomic E-state index is 0.330. The van der Waals surface area contributed by atoms with E-state index >= 15 is 0 Å². The van der Waals surface area contributed by atoms with Gasteiger partial charge < -0.3 is 10.1 Å². The van der Waals surface area contributed by atoms with Gasteiger partial charge in [-0.05, 0) is 36.6 Å². The molecule has 0 radical (unpaired) electrons. The van der Waals surface area contributed by atoms with Gasteiger partial charge in [0.1, 0.15) is 11.9 Å². The molecule has 18 heavy (non-hydrogen) atoms. The monoisotopic (exact) mass is 247 g/mol. The van der Waals surface area contributed by atoms with Crippen LogP contribution in [-0.2, 0) is 6.42 Å².